The lowest BCUT2D eigenvalue weighted by atomic mass is 10.0. The van der Waals surface area contributed by atoms with Gasteiger partial charge in [0.1, 0.15) is 0 Å². The van der Waals surface area contributed by atoms with Gasteiger partial charge in [-0.25, -0.2) is 8.42 Å². The molecule has 30 heavy (non-hydrogen) atoms. The molecule has 0 aromatic heterocycles. The average Bonchev–Trinajstić information content (AvgIpc) is 3.28. The van der Waals surface area contributed by atoms with E-state index in [0.717, 1.165) is 30.5 Å². The smallest absolute Gasteiger partial charge is 0.308 e. The molecule has 4 rings (SSSR count). The number of anilines is 1. The number of nitrogens with zero attached hydrogens (tertiary/aromatic N) is 2. The van der Waals surface area contributed by atoms with Crippen LogP contribution in [0.4, 0.5) is 18.9 Å². The van der Waals surface area contributed by atoms with E-state index >= 15 is 0 Å². The van der Waals surface area contributed by atoms with Crippen LogP contribution in [0.3, 0.4) is 0 Å². The highest BCUT2D eigenvalue weighted by Crippen LogP contribution is 2.33. The molecule has 0 unspecified atom stereocenters. The third-order valence-electron chi connectivity index (χ3n) is 5.58. The molecule has 0 saturated carbocycles. The fourth-order valence-electron chi connectivity index (χ4n) is 3.98. The molecule has 0 N–H and O–H groups in total. The second-order valence-corrected chi connectivity index (χ2v) is 9.48. The van der Waals surface area contributed by atoms with Crippen LogP contribution in [0.1, 0.15) is 40.7 Å². The molecule has 9 heteroatoms. The summed E-state index contributed by atoms with van der Waals surface area (Å²) in [5.41, 5.74) is 0.702. The first-order valence-electron chi connectivity index (χ1n) is 9.80. The summed E-state index contributed by atoms with van der Waals surface area (Å²) in [6.45, 7) is 1.45. The Bertz CT molecular complexity index is 1060. The van der Waals surface area contributed by atoms with E-state index in [2.05, 4.69) is 0 Å². The third-order valence-corrected chi connectivity index (χ3v) is 7.47. The molecule has 0 aliphatic carbocycles. The summed E-state index contributed by atoms with van der Waals surface area (Å²) < 4.78 is 65.4. The van der Waals surface area contributed by atoms with Crippen molar-refractivity contribution in [2.24, 2.45) is 0 Å². The minimum atomic E-state index is -4.46. The van der Waals surface area contributed by atoms with Gasteiger partial charge in [-0.05, 0) is 73.7 Å². The van der Waals surface area contributed by atoms with Crippen LogP contribution < -0.4 is 4.90 Å². The van der Waals surface area contributed by atoms with Crippen LogP contribution in [0.15, 0.2) is 47.4 Å². The molecule has 2 aliphatic rings. The summed E-state index contributed by atoms with van der Waals surface area (Å²) in [4.78, 5) is 14.7. The predicted molar refractivity (Wildman–Crippen MR) is 106 cm³/mol. The third kappa shape index (κ3) is 3.83. The Morgan fingerprint density at radius 3 is 2.20 bits per heavy atom. The van der Waals surface area contributed by atoms with Crippen molar-refractivity contribution < 1.29 is 26.4 Å². The molecule has 5 nitrogen and oxygen atoms in total. The Hall–Kier alpha value is -2.39. The van der Waals surface area contributed by atoms with E-state index < -0.39 is 27.7 Å². The summed E-state index contributed by atoms with van der Waals surface area (Å²) in [5.74, 6) is -0.403. The first-order chi connectivity index (χ1) is 14.2. The highest BCUT2D eigenvalue weighted by molar-refractivity contribution is 7.89. The number of sulfonamides is 1. The van der Waals surface area contributed by atoms with Crippen molar-refractivity contribution in [1.82, 2.24) is 4.31 Å². The lowest BCUT2D eigenvalue weighted by Crippen LogP contribution is -2.36. The zero-order chi connectivity index (χ0) is 21.5. The number of fused-ring (bicyclic) bond motifs is 1. The van der Waals surface area contributed by atoms with Crippen LogP contribution in [-0.4, -0.2) is 38.3 Å². The summed E-state index contributed by atoms with van der Waals surface area (Å²) >= 11 is 0. The van der Waals surface area contributed by atoms with Crippen molar-refractivity contribution in [3.8, 4) is 0 Å². The predicted octanol–water partition coefficient (Wildman–Crippen LogP) is 4.08. The van der Waals surface area contributed by atoms with E-state index in [1.54, 1.807) is 12.1 Å². The van der Waals surface area contributed by atoms with Gasteiger partial charge in [-0.15, -0.1) is 0 Å². The molecule has 160 valence electrons. The van der Waals surface area contributed by atoms with Gasteiger partial charge in [-0.1, -0.05) is 0 Å². The maximum Gasteiger partial charge on any atom is 0.416 e. The Labute approximate surface area is 173 Å². The molecule has 0 atom stereocenters. The molecule has 2 heterocycles. The maximum absolute atomic E-state index is 12.9. The SMILES string of the molecule is O=C(c1ccc(C(F)(F)F)cc1)N1CCCc2cc(S(=O)(=O)N3CCCC3)ccc21. The summed E-state index contributed by atoms with van der Waals surface area (Å²) in [7, 11) is -3.56. The van der Waals surface area contributed by atoms with Gasteiger partial charge in [-0.2, -0.15) is 17.5 Å². The molecule has 2 aromatic carbocycles. The van der Waals surface area contributed by atoms with E-state index in [1.165, 1.54) is 27.4 Å². The fraction of sp³-hybridized carbons (Fsp3) is 0.381. The van der Waals surface area contributed by atoms with Gasteiger partial charge in [0.15, 0.2) is 0 Å². The van der Waals surface area contributed by atoms with Gasteiger partial charge in [0.05, 0.1) is 10.5 Å². The van der Waals surface area contributed by atoms with Crippen LogP contribution in [0.25, 0.3) is 0 Å². The lowest BCUT2D eigenvalue weighted by Gasteiger charge is -2.30. The molecule has 0 radical (unpaired) electrons. The molecule has 1 fully saturated rings. The molecule has 0 spiro atoms. The quantitative estimate of drug-likeness (QED) is 0.726. The largest absolute Gasteiger partial charge is 0.416 e. The first-order valence-corrected chi connectivity index (χ1v) is 11.2. The zero-order valence-corrected chi connectivity index (χ0v) is 17.0. The molecular formula is C21H21F3N2O3S. The second kappa shape index (κ2) is 7.70. The van der Waals surface area contributed by atoms with E-state index in [4.69, 9.17) is 0 Å². The number of carbonyl (C=O) groups is 1. The van der Waals surface area contributed by atoms with Gasteiger partial charge >= 0.3 is 6.18 Å². The van der Waals surface area contributed by atoms with Crippen molar-refractivity contribution in [2.45, 2.75) is 36.8 Å². The molecule has 1 saturated heterocycles. The Balaban J connectivity index is 1.62. The number of hydrogen-bond donors (Lipinski definition) is 0. The van der Waals surface area contributed by atoms with E-state index in [1.807, 2.05) is 0 Å². The standard InChI is InChI=1S/C21H21F3N2O3S/c22-21(23,24)17-7-5-15(6-8-17)20(27)26-13-3-4-16-14-18(9-10-19(16)26)30(28,29)25-11-1-2-12-25/h5-10,14H,1-4,11-13H2. The molecule has 1 amide bonds. The minimum absolute atomic E-state index is 0.157. The summed E-state index contributed by atoms with van der Waals surface area (Å²) in [6.07, 6.45) is -1.49. The van der Waals surface area contributed by atoms with Gasteiger partial charge < -0.3 is 4.90 Å². The normalized spacial score (nSPS) is 17.8. The maximum atomic E-state index is 12.9. The first kappa shape index (κ1) is 20.9. The number of halogens is 3. The molecule has 0 bridgehead atoms. The number of amides is 1. The van der Waals surface area contributed by atoms with Crippen molar-refractivity contribution in [3.05, 3.63) is 59.2 Å². The van der Waals surface area contributed by atoms with Crippen LogP contribution >= 0.6 is 0 Å². The average molecular weight is 438 g/mol. The van der Waals surface area contributed by atoms with Crippen LogP contribution in [0.5, 0.6) is 0 Å². The summed E-state index contributed by atoms with van der Waals surface area (Å²) in [6, 6.07) is 8.88. The van der Waals surface area contributed by atoms with Gasteiger partial charge in [0.2, 0.25) is 10.0 Å². The molecule has 2 aliphatic heterocycles. The fourth-order valence-corrected chi connectivity index (χ4v) is 5.55. The monoisotopic (exact) mass is 438 g/mol. The van der Waals surface area contributed by atoms with E-state index in [0.29, 0.717) is 38.2 Å². The number of benzene rings is 2. The van der Waals surface area contributed by atoms with Crippen LogP contribution in [0, 0.1) is 0 Å². The molecule has 2 aromatic rings. The number of rotatable bonds is 3. The van der Waals surface area contributed by atoms with Crippen LogP contribution in [0.2, 0.25) is 0 Å². The van der Waals surface area contributed by atoms with Gasteiger partial charge in [0, 0.05) is 30.9 Å². The summed E-state index contributed by atoms with van der Waals surface area (Å²) in [5, 5.41) is 0. The number of hydrogen-bond acceptors (Lipinski definition) is 3. The van der Waals surface area contributed by atoms with E-state index in [9.17, 15) is 26.4 Å². The van der Waals surface area contributed by atoms with Crippen molar-refractivity contribution in [3.63, 3.8) is 0 Å². The zero-order valence-electron chi connectivity index (χ0n) is 16.2. The van der Waals surface area contributed by atoms with Crippen molar-refractivity contribution in [1.29, 1.82) is 0 Å². The van der Waals surface area contributed by atoms with Crippen LogP contribution in [-0.2, 0) is 22.6 Å². The highest BCUT2D eigenvalue weighted by atomic mass is 32.2. The topological polar surface area (TPSA) is 57.7 Å². The Kier molecular flexibility index (Phi) is 5.36. The lowest BCUT2D eigenvalue weighted by molar-refractivity contribution is -0.137. The van der Waals surface area contributed by atoms with Gasteiger partial charge in [0.25, 0.3) is 5.91 Å². The van der Waals surface area contributed by atoms with E-state index in [-0.39, 0.29) is 10.5 Å². The van der Waals surface area contributed by atoms with Crippen molar-refractivity contribution in [2.75, 3.05) is 24.5 Å². The Morgan fingerprint density at radius 2 is 1.57 bits per heavy atom. The van der Waals surface area contributed by atoms with Gasteiger partial charge in [-0.3, -0.25) is 4.79 Å². The number of carbonyl (C=O) groups excluding carboxylic acids is 1. The van der Waals surface area contributed by atoms with Crippen molar-refractivity contribution >= 4 is 21.6 Å². The Morgan fingerprint density at radius 1 is 0.900 bits per heavy atom. The minimum Gasteiger partial charge on any atom is -0.308 e. The number of aryl methyl sites for hydroxylation is 1. The second-order valence-electron chi connectivity index (χ2n) is 7.54. The molecular weight excluding hydrogens is 417 g/mol. The number of alkyl halides is 3. The highest BCUT2D eigenvalue weighted by Gasteiger charge is 2.32.